The monoisotopic (exact) mass is 516 g/mol. The molecule has 1 amide bonds. The van der Waals surface area contributed by atoms with Crippen molar-refractivity contribution in [1.29, 1.82) is 0 Å². The van der Waals surface area contributed by atoms with Crippen LogP contribution in [0.3, 0.4) is 0 Å². The SMILES string of the molecule is O=C(NC1CC1)c1ccc(-n2cnc3c(NCCC(F)(F)F)cc(Oc4cccc(F)c4F)cc32)cc1. The van der Waals surface area contributed by atoms with Gasteiger partial charge in [0.2, 0.25) is 5.82 Å². The highest BCUT2D eigenvalue weighted by Gasteiger charge is 2.27. The second-order valence-corrected chi connectivity index (χ2v) is 8.69. The second-order valence-electron chi connectivity index (χ2n) is 8.69. The highest BCUT2D eigenvalue weighted by atomic mass is 19.4. The van der Waals surface area contributed by atoms with E-state index in [1.807, 2.05) is 0 Å². The summed E-state index contributed by atoms with van der Waals surface area (Å²) in [6, 6.07) is 13.3. The number of halogens is 5. The summed E-state index contributed by atoms with van der Waals surface area (Å²) >= 11 is 0. The van der Waals surface area contributed by atoms with Crippen LogP contribution in [-0.4, -0.2) is 34.2 Å². The Kier molecular flexibility index (Phi) is 6.45. The van der Waals surface area contributed by atoms with Gasteiger partial charge < -0.3 is 15.4 Å². The maximum atomic E-state index is 14.2. The number of ether oxygens (including phenoxy) is 1. The fraction of sp³-hybridized carbons (Fsp3) is 0.231. The Morgan fingerprint density at radius 2 is 1.84 bits per heavy atom. The molecule has 1 aliphatic carbocycles. The highest BCUT2D eigenvalue weighted by molar-refractivity contribution is 5.95. The van der Waals surface area contributed by atoms with Gasteiger partial charge in [0.1, 0.15) is 17.6 Å². The molecule has 0 atom stereocenters. The van der Waals surface area contributed by atoms with E-state index in [2.05, 4.69) is 15.6 Å². The number of benzene rings is 3. The smallest absolute Gasteiger partial charge is 0.390 e. The van der Waals surface area contributed by atoms with Crippen LogP contribution in [0, 0.1) is 11.6 Å². The first-order valence-corrected chi connectivity index (χ1v) is 11.5. The van der Waals surface area contributed by atoms with E-state index < -0.39 is 30.8 Å². The lowest BCUT2D eigenvalue weighted by Crippen LogP contribution is -2.25. The van der Waals surface area contributed by atoms with Crippen molar-refractivity contribution in [1.82, 2.24) is 14.9 Å². The third kappa shape index (κ3) is 5.65. The van der Waals surface area contributed by atoms with Gasteiger partial charge in [0, 0.05) is 36.0 Å². The number of carbonyl (C=O) groups excluding carboxylic acids is 1. The van der Waals surface area contributed by atoms with E-state index in [9.17, 15) is 26.7 Å². The molecule has 3 aromatic carbocycles. The number of imidazole rings is 1. The van der Waals surface area contributed by atoms with Gasteiger partial charge in [-0.25, -0.2) is 9.37 Å². The Morgan fingerprint density at radius 3 is 2.54 bits per heavy atom. The number of nitrogens with zero attached hydrogens (tertiary/aromatic N) is 2. The number of nitrogens with one attached hydrogen (secondary N) is 2. The molecule has 1 aliphatic rings. The maximum Gasteiger partial charge on any atom is 0.390 e. The Bertz CT molecular complexity index is 1450. The van der Waals surface area contributed by atoms with E-state index in [-0.39, 0.29) is 29.1 Å². The van der Waals surface area contributed by atoms with E-state index in [1.165, 1.54) is 30.6 Å². The Hall–Kier alpha value is -4.15. The molecule has 1 aromatic heterocycles. The van der Waals surface area contributed by atoms with Crippen LogP contribution in [0.25, 0.3) is 16.7 Å². The van der Waals surface area contributed by atoms with Crippen LogP contribution in [0.15, 0.2) is 60.9 Å². The molecule has 4 aromatic rings. The summed E-state index contributed by atoms with van der Waals surface area (Å²) in [6.45, 7) is -0.423. The number of alkyl halides is 3. The minimum Gasteiger partial charge on any atom is -0.454 e. The molecule has 0 radical (unpaired) electrons. The van der Waals surface area contributed by atoms with Gasteiger partial charge in [0.05, 0.1) is 17.6 Å². The summed E-state index contributed by atoms with van der Waals surface area (Å²) in [6.07, 6.45) is -2.03. The first-order chi connectivity index (χ1) is 17.7. The Morgan fingerprint density at radius 1 is 1.08 bits per heavy atom. The van der Waals surface area contributed by atoms with Crippen LogP contribution in [0.2, 0.25) is 0 Å². The van der Waals surface area contributed by atoms with Crippen LogP contribution in [0.5, 0.6) is 11.5 Å². The number of aromatic nitrogens is 2. The molecule has 2 N–H and O–H groups in total. The number of hydrogen-bond donors (Lipinski definition) is 2. The highest BCUT2D eigenvalue weighted by Crippen LogP contribution is 2.34. The second kappa shape index (κ2) is 9.72. The molecule has 0 aliphatic heterocycles. The zero-order valence-corrected chi connectivity index (χ0v) is 19.3. The largest absolute Gasteiger partial charge is 0.454 e. The molecule has 11 heteroatoms. The summed E-state index contributed by atoms with van der Waals surface area (Å²) in [5.41, 5.74) is 2.14. The van der Waals surface area contributed by atoms with E-state index in [0.717, 1.165) is 18.9 Å². The van der Waals surface area contributed by atoms with Crippen LogP contribution in [0.1, 0.15) is 29.6 Å². The van der Waals surface area contributed by atoms with E-state index in [4.69, 9.17) is 4.74 Å². The zero-order valence-electron chi connectivity index (χ0n) is 19.3. The molecule has 0 spiro atoms. The molecule has 0 unspecified atom stereocenters. The zero-order chi connectivity index (χ0) is 26.2. The molecule has 1 fully saturated rings. The summed E-state index contributed by atoms with van der Waals surface area (Å²) in [7, 11) is 0. The van der Waals surface area contributed by atoms with Crippen molar-refractivity contribution in [3.05, 3.63) is 78.1 Å². The molecule has 1 heterocycles. The van der Waals surface area contributed by atoms with Crippen LogP contribution < -0.4 is 15.4 Å². The molecule has 5 rings (SSSR count). The van der Waals surface area contributed by atoms with E-state index >= 15 is 0 Å². The molecular weight excluding hydrogens is 495 g/mol. The predicted octanol–water partition coefficient (Wildman–Crippen LogP) is 6.35. The minimum absolute atomic E-state index is 0.0636. The molecule has 0 saturated heterocycles. The third-order valence-electron chi connectivity index (χ3n) is 5.81. The number of rotatable bonds is 8. The van der Waals surface area contributed by atoms with Gasteiger partial charge in [-0.2, -0.15) is 17.6 Å². The van der Waals surface area contributed by atoms with Crippen molar-refractivity contribution in [2.45, 2.75) is 31.5 Å². The van der Waals surface area contributed by atoms with E-state index in [1.54, 1.807) is 28.8 Å². The van der Waals surface area contributed by atoms with Crippen molar-refractivity contribution >= 4 is 22.6 Å². The van der Waals surface area contributed by atoms with Crippen LogP contribution in [0.4, 0.5) is 27.6 Å². The quantitative estimate of drug-likeness (QED) is 0.268. The van der Waals surface area contributed by atoms with Gasteiger partial charge in [-0.1, -0.05) is 6.07 Å². The number of amides is 1. The average Bonchev–Trinajstić information content (AvgIpc) is 3.56. The average molecular weight is 516 g/mol. The molecule has 37 heavy (non-hydrogen) atoms. The van der Waals surface area contributed by atoms with Crippen molar-refractivity contribution < 1.29 is 31.5 Å². The Balaban J connectivity index is 1.50. The van der Waals surface area contributed by atoms with Crippen molar-refractivity contribution in [3.63, 3.8) is 0 Å². The first-order valence-electron chi connectivity index (χ1n) is 11.5. The molecule has 6 nitrogen and oxygen atoms in total. The summed E-state index contributed by atoms with van der Waals surface area (Å²) < 4.78 is 73.3. The maximum absolute atomic E-state index is 14.2. The topological polar surface area (TPSA) is 68.2 Å². The first kappa shape index (κ1) is 24.5. The van der Waals surface area contributed by atoms with Gasteiger partial charge in [-0.05, 0) is 49.2 Å². The number of hydrogen-bond acceptors (Lipinski definition) is 4. The normalized spacial score (nSPS) is 13.5. The lowest BCUT2D eigenvalue weighted by atomic mass is 10.2. The van der Waals surface area contributed by atoms with Crippen molar-refractivity contribution in [3.8, 4) is 17.2 Å². The van der Waals surface area contributed by atoms with Crippen LogP contribution >= 0.6 is 0 Å². The number of anilines is 1. The fourth-order valence-corrected chi connectivity index (χ4v) is 3.79. The predicted molar refractivity (Wildman–Crippen MR) is 127 cm³/mol. The fourth-order valence-electron chi connectivity index (χ4n) is 3.79. The van der Waals surface area contributed by atoms with Gasteiger partial charge in [0.15, 0.2) is 11.6 Å². The van der Waals surface area contributed by atoms with Gasteiger partial charge in [-0.3, -0.25) is 9.36 Å². The standard InChI is InChI=1S/C26H21F5N4O2/c27-19-2-1-3-22(23(19)28)37-18-12-20(32-11-10-26(29,30)31)24-21(13-18)35(14-33-24)17-8-4-15(5-9-17)25(36)34-16-6-7-16/h1-5,8-9,12-14,16,32H,6-7,10-11H2,(H,34,36). The van der Waals surface area contributed by atoms with Gasteiger partial charge in [-0.15, -0.1) is 0 Å². The van der Waals surface area contributed by atoms with E-state index in [0.29, 0.717) is 22.3 Å². The Labute approximate surface area is 208 Å². The minimum atomic E-state index is -4.36. The van der Waals surface area contributed by atoms with Crippen molar-refractivity contribution in [2.75, 3.05) is 11.9 Å². The number of carbonyl (C=O) groups is 1. The molecule has 192 valence electrons. The van der Waals surface area contributed by atoms with Gasteiger partial charge in [0.25, 0.3) is 5.91 Å². The summed E-state index contributed by atoms with van der Waals surface area (Å²) in [4.78, 5) is 16.6. The van der Waals surface area contributed by atoms with Gasteiger partial charge >= 0.3 is 6.18 Å². The summed E-state index contributed by atoms with van der Waals surface area (Å²) in [5.74, 6) is -2.78. The molecule has 1 saturated carbocycles. The lowest BCUT2D eigenvalue weighted by molar-refractivity contribution is -0.131. The molecule has 0 bridgehead atoms. The lowest BCUT2D eigenvalue weighted by Gasteiger charge is -2.13. The number of fused-ring (bicyclic) bond motifs is 1. The summed E-state index contributed by atoms with van der Waals surface area (Å²) in [5, 5.41) is 5.62. The molecular formula is C26H21F5N4O2. The van der Waals surface area contributed by atoms with Crippen molar-refractivity contribution in [2.24, 2.45) is 0 Å². The third-order valence-corrected chi connectivity index (χ3v) is 5.81. The van der Waals surface area contributed by atoms with Crippen LogP contribution in [-0.2, 0) is 0 Å².